The van der Waals surface area contributed by atoms with E-state index in [4.69, 9.17) is 9.47 Å². The van der Waals surface area contributed by atoms with Gasteiger partial charge < -0.3 is 14.6 Å². The molecule has 1 aliphatic heterocycles. The number of nitrogens with zero attached hydrogens (tertiary/aromatic N) is 1. The van der Waals surface area contributed by atoms with Gasteiger partial charge in [-0.1, -0.05) is 24.3 Å². The van der Waals surface area contributed by atoms with Crippen LogP contribution in [0.2, 0.25) is 0 Å². The van der Waals surface area contributed by atoms with Crippen molar-refractivity contribution in [2.24, 2.45) is 0 Å². The average Bonchev–Trinajstić information content (AvgIpc) is 2.66. The summed E-state index contributed by atoms with van der Waals surface area (Å²) >= 11 is 0. The minimum Gasteiger partial charge on any atom is -0.497 e. The smallest absolute Gasteiger partial charge is 0.322 e. The molecule has 0 bridgehead atoms. The highest BCUT2D eigenvalue weighted by Gasteiger charge is 2.40. The largest absolute Gasteiger partial charge is 0.497 e. The summed E-state index contributed by atoms with van der Waals surface area (Å²) in [5, 5.41) is 9.61. The molecular weight excluding hydrogens is 358 g/mol. The summed E-state index contributed by atoms with van der Waals surface area (Å²) in [4.78, 5) is 11.6. The van der Waals surface area contributed by atoms with Crippen molar-refractivity contribution in [2.75, 3.05) is 14.2 Å². The molecule has 0 saturated carbocycles. The van der Waals surface area contributed by atoms with Crippen molar-refractivity contribution in [1.29, 1.82) is 0 Å². The number of aliphatic carboxylic acids is 1. The third-order valence-corrected chi connectivity index (χ3v) is 6.32. The van der Waals surface area contributed by atoms with E-state index < -0.39 is 22.0 Å². The molecule has 0 spiro atoms. The molecule has 7 nitrogen and oxygen atoms in total. The predicted octanol–water partition coefficient (Wildman–Crippen LogP) is 1.90. The van der Waals surface area contributed by atoms with Crippen LogP contribution in [0.4, 0.5) is 0 Å². The predicted molar refractivity (Wildman–Crippen MR) is 93.8 cm³/mol. The van der Waals surface area contributed by atoms with Gasteiger partial charge in [0, 0.05) is 19.0 Å². The fourth-order valence-electron chi connectivity index (χ4n) is 3.07. The van der Waals surface area contributed by atoms with Gasteiger partial charge in [-0.2, -0.15) is 4.31 Å². The molecule has 0 radical (unpaired) electrons. The van der Waals surface area contributed by atoms with Gasteiger partial charge in [-0.15, -0.1) is 0 Å². The highest BCUT2D eigenvalue weighted by atomic mass is 32.2. The van der Waals surface area contributed by atoms with Crippen LogP contribution in [0.15, 0.2) is 47.4 Å². The highest BCUT2D eigenvalue weighted by molar-refractivity contribution is 7.89. The summed E-state index contributed by atoms with van der Waals surface area (Å²) in [5.74, 6) is -0.715. The Kier molecular flexibility index (Phi) is 4.88. The third kappa shape index (κ3) is 3.13. The quantitative estimate of drug-likeness (QED) is 0.856. The monoisotopic (exact) mass is 377 g/mol. The number of carboxylic acid groups (broad SMARTS) is 1. The zero-order valence-electron chi connectivity index (χ0n) is 14.4. The summed E-state index contributed by atoms with van der Waals surface area (Å²) in [6.07, 6.45) is 0.108. The van der Waals surface area contributed by atoms with Gasteiger partial charge in [0.25, 0.3) is 0 Å². The van der Waals surface area contributed by atoms with Crippen molar-refractivity contribution < 1.29 is 27.8 Å². The standard InChI is InChI=1S/C18H19NO6S/c1-24-14-7-8-16(25-2)17(10-14)26(22,23)19-11-13-6-4-3-5-12(13)9-15(19)18(20)21/h3-8,10,15H,9,11H2,1-2H3,(H,20,21)/t15-/m0/s1. The van der Waals surface area contributed by atoms with E-state index in [1.54, 1.807) is 18.2 Å². The Labute approximate surface area is 151 Å². The lowest BCUT2D eigenvalue weighted by Crippen LogP contribution is -2.48. The van der Waals surface area contributed by atoms with E-state index >= 15 is 0 Å². The minimum atomic E-state index is -4.13. The number of fused-ring (bicyclic) bond motifs is 1. The Morgan fingerprint density at radius 1 is 1.12 bits per heavy atom. The van der Waals surface area contributed by atoms with Gasteiger partial charge in [-0.05, 0) is 23.3 Å². The van der Waals surface area contributed by atoms with Gasteiger partial charge in [0.05, 0.1) is 14.2 Å². The maximum atomic E-state index is 13.3. The lowest BCUT2D eigenvalue weighted by atomic mass is 9.96. The average molecular weight is 377 g/mol. The molecule has 0 saturated heterocycles. The van der Waals surface area contributed by atoms with Crippen molar-refractivity contribution >= 4 is 16.0 Å². The van der Waals surface area contributed by atoms with Crippen LogP contribution in [0.1, 0.15) is 11.1 Å². The fourth-order valence-corrected chi connectivity index (χ4v) is 4.81. The summed E-state index contributed by atoms with van der Waals surface area (Å²) in [5.41, 5.74) is 1.62. The summed E-state index contributed by atoms with van der Waals surface area (Å²) in [6.45, 7) is -0.0180. The first kappa shape index (κ1) is 18.2. The molecule has 0 aromatic heterocycles. The second-order valence-corrected chi connectivity index (χ2v) is 7.75. The van der Waals surface area contributed by atoms with Crippen LogP contribution >= 0.6 is 0 Å². The van der Waals surface area contributed by atoms with Crippen LogP contribution in [0.25, 0.3) is 0 Å². The number of hydrogen-bond acceptors (Lipinski definition) is 5. The molecule has 1 heterocycles. The molecule has 1 atom stereocenters. The topological polar surface area (TPSA) is 93.1 Å². The summed E-state index contributed by atoms with van der Waals surface area (Å²) in [6, 6.07) is 10.5. The number of carboxylic acids is 1. The number of hydrogen-bond donors (Lipinski definition) is 1. The molecule has 3 rings (SSSR count). The van der Waals surface area contributed by atoms with Crippen molar-refractivity contribution in [2.45, 2.75) is 23.9 Å². The van der Waals surface area contributed by atoms with E-state index in [9.17, 15) is 18.3 Å². The molecule has 0 unspecified atom stereocenters. The van der Waals surface area contributed by atoms with Crippen LogP contribution < -0.4 is 9.47 Å². The van der Waals surface area contributed by atoms with Crippen LogP contribution in [0, 0.1) is 0 Å². The summed E-state index contributed by atoms with van der Waals surface area (Å²) in [7, 11) is -1.34. The first-order valence-electron chi connectivity index (χ1n) is 7.92. The zero-order chi connectivity index (χ0) is 18.9. The van der Waals surface area contributed by atoms with Gasteiger partial charge >= 0.3 is 5.97 Å². The fraction of sp³-hybridized carbons (Fsp3) is 0.278. The van der Waals surface area contributed by atoms with E-state index in [1.165, 1.54) is 26.4 Å². The first-order chi connectivity index (χ1) is 12.4. The Balaban J connectivity index is 2.12. The second kappa shape index (κ2) is 6.97. The molecule has 2 aromatic rings. The lowest BCUT2D eigenvalue weighted by Gasteiger charge is -2.33. The molecule has 8 heteroatoms. The molecule has 1 aliphatic rings. The van der Waals surface area contributed by atoms with Gasteiger partial charge in [-0.25, -0.2) is 8.42 Å². The van der Waals surface area contributed by atoms with Crippen LogP contribution in [-0.2, 0) is 27.8 Å². The molecule has 1 N–H and O–H groups in total. The van der Waals surface area contributed by atoms with E-state index in [-0.39, 0.29) is 23.6 Å². The van der Waals surface area contributed by atoms with E-state index in [2.05, 4.69) is 0 Å². The first-order valence-corrected chi connectivity index (χ1v) is 9.36. The Hall–Kier alpha value is -2.58. The van der Waals surface area contributed by atoms with Crippen LogP contribution in [0.5, 0.6) is 11.5 Å². The van der Waals surface area contributed by atoms with Crippen LogP contribution in [0.3, 0.4) is 0 Å². The number of sulfonamides is 1. The molecular formula is C18H19NO6S. The third-order valence-electron chi connectivity index (χ3n) is 4.45. The Morgan fingerprint density at radius 3 is 2.42 bits per heavy atom. The molecule has 2 aromatic carbocycles. The van der Waals surface area contributed by atoms with Gasteiger partial charge in [0.1, 0.15) is 22.4 Å². The summed E-state index contributed by atoms with van der Waals surface area (Å²) < 4.78 is 37.9. The number of carbonyl (C=O) groups is 1. The Morgan fingerprint density at radius 2 is 1.81 bits per heavy atom. The van der Waals surface area contributed by atoms with E-state index in [1.807, 2.05) is 12.1 Å². The van der Waals surface area contributed by atoms with Crippen molar-refractivity contribution in [3.63, 3.8) is 0 Å². The second-order valence-electron chi connectivity index (χ2n) is 5.89. The molecule has 138 valence electrons. The van der Waals surface area contributed by atoms with Crippen LogP contribution in [-0.4, -0.2) is 44.1 Å². The minimum absolute atomic E-state index is 0.0180. The SMILES string of the molecule is COc1ccc(OC)c(S(=O)(=O)N2Cc3ccccc3C[C@H]2C(=O)O)c1. The maximum Gasteiger partial charge on any atom is 0.322 e. The van der Waals surface area contributed by atoms with Crippen molar-refractivity contribution in [3.05, 3.63) is 53.6 Å². The molecule has 0 amide bonds. The highest BCUT2D eigenvalue weighted by Crippen LogP contribution is 2.35. The van der Waals surface area contributed by atoms with Crippen molar-refractivity contribution in [3.8, 4) is 11.5 Å². The van der Waals surface area contributed by atoms with Gasteiger partial charge in [0.2, 0.25) is 10.0 Å². The van der Waals surface area contributed by atoms with E-state index in [0.717, 1.165) is 15.4 Å². The molecule has 26 heavy (non-hydrogen) atoms. The van der Waals surface area contributed by atoms with Crippen molar-refractivity contribution in [1.82, 2.24) is 4.31 Å². The number of methoxy groups -OCH3 is 2. The lowest BCUT2D eigenvalue weighted by molar-refractivity contribution is -0.141. The maximum absolute atomic E-state index is 13.3. The number of benzene rings is 2. The Bertz CT molecular complexity index is 940. The molecule has 0 aliphatic carbocycles. The normalized spacial score (nSPS) is 17.4. The molecule has 0 fully saturated rings. The number of ether oxygens (including phenoxy) is 2. The van der Waals surface area contributed by atoms with Gasteiger partial charge in [-0.3, -0.25) is 4.79 Å². The zero-order valence-corrected chi connectivity index (χ0v) is 15.2. The van der Waals surface area contributed by atoms with E-state index in [0.29, 0.717) is 5.75 Å². The van der Waals surface area contributed by atoms with Gasteiger partial charge in [0.15, 0.2) is 0 Å². The number of rotatable bonds is 5.